The van der Waals surface area contributed by atoms with Gasteiger partial charge in [-0.25, -0.2) is 4.79 Å². The maximum absolute atomic E-state index is 13.3. The molecule has 0 aliphatic carbocycles. The van der Waals surface area contributed by atoms with Gasteiger partial charge in [0.15, 0.2) is 17.2 Å². The maximum Gasteiger partial charge on any atom is 0.330 e. The highest BCUT2D eigenvalue weighted by Crippen LogP contribution is 2.32. The number of carbonyl (C=O) groups excluding carboxylic acids is 1. The van der Waals surface area contributed by atoms with Gasteiger partial charge in [0.25, 0.3) is 11.5 Å². The van der Waals surface area contributed by atoms with Crippen molar-refractivity contribution in [1.82, 2.24) is 9.55 Å². The van der Waals surface area contributed by atoms with Crippen molar-refractivity contribution in [3.8, 4) is 11.5 Å². The molecule has 1 aromatic heterocycles. The molecule has 1 unspecified atom stereocenters. The van der Waals surface area contributed by atoms with Gasteiger partial charge in [-0.05, 0) is 25.0 Å². The molecule has 9 nitrogen and oxygen atoms in total. The Labute approximate surface area is 168 Å². The van der Waals surface area contributed by atoms with Crippen LogP contribution in [0, 0.1) is 0 Å². The number of aromatic nitrogens is 2. The molecule has 156 valence electrons. The standard InChI is InChI=1S/C20H26N4O5/c1-3-5-11-23(16-17(21)24(10-4-2)20(27)22-18(16)25)19(26)15-12-28-13-8-6-7-9-14(13)29-15/h6-9,15H,3-5,10-12,21H2,1-2H3,(H,22,25,27). The molecule has 1 aliphatic rings. The number of benzene rings is 1. The van der Waals surface area contributed by atoms with Crippen molar-refractivity contribution < 1.29 is 14.3 Å². The number of nitrogens with two attached hydrogens (primary N) is 1. The Morgan fingerprint density at radius 2 is 1.97 bits per heavy atom. The average molecular weight is 402 g/mol. The molecule has 9 heteroatoms. The number of fused-ring (bicyclic) bond motifs is 1. The predicted octanol–water partition coefficient (Wildman–Crippen LogP) is 1.50. The van der Waals surface area contributed by atoms with Gasteiger partial charge in [-0.1, -0.05) is 32.4 Å². The number of hydrogen-bond acceptors (Lipinski definition) is 6. The van der Waals surface area contributed by atoms with E-state index in [0.29, 0.717) is 30.9 Å². The predicted molar refractivity (Wildman–Crippen MR) is 110 cm³/mol. The Bertz CT molecular complexity index is 997. The van der Waals surface area contributed by atoms with Crippen molar-refractivity contribution in [2.45, 2.75) is 45.8 Å². The molecule has 2 aromatic rings. The zero-order valence-corrected chi connectivity index (χ0v) is 16.6. The first-order valence-corrected chi connectivity index (χ1v) is 9.80. The molecule has 0 fully saturated rings. The third kappa shape index (κ3) is 4.13. The molecule has 0 spiro atoms. The van der Waals surface area contributed by atoms with Crippen LogP contribution >= 0.6 is 0 Å². The largest absolute Gasteiger partial charge is 0.485 e. The van der Waals surface area contributed by atoms with E-state index in [2.05, 4.69) is 4.98 Å². The highest BCUT2D eigenvalue weighted by Gasteiger charge is 2.34. The topological polar surface area (TPSA) is 120 Å². The van der Waals surface area contributed by atoms with E-state index in [4.69, 9.17) is 15.2 Å². The lowest BCUT2D eigenvalue weighted by atomic mass is 10.2. The maximum atomic E-state index is 13.3. The molecule has 3 N–H and O–H groups in total. The van der Waals surface area contributed by atoms with Crippen molar-refractivity contribution in [3.05, 3.63) is 45.1 Å². The van der Waals surface area contributed by atoms with Crippen molar-refractivity contribution in [3.63, 3.8) is 0 Å². The fourth-order valence-corrected chi connectivity index (χ4v) is 3.25. The summed E-state index contributed by atoms with van der Waals surface area (Å²) in [7, 11) is 0. The summed E-state index contributed by atoms with van der Waals surface area (Å²) in [4.78, 5) is 41.6. The number of para-hydroxylation sites is 2. The second-order valence-electron chi connectivity index (χ2n) is 6.85. The Morgan fingerprint density at radius 1 is 1.24 bits per heavy atom. The fraction of sp³-hybridized carbons (Fsp3) is 0.450. The molecule has 29 heavy (non-hydrogen) atoms. The lowest BCUT2D eigenvalue weighted by Crippen LogP contribution is -2.49. The molecular weight excluding hydrogens is 376 g/mol. The van der Waals surface area contributed by atoms with Crippen LogP contribution in [0.1, 0.15) is 33.1 Å². The molecule has 1 aliphatic heterocycles. The summed E-state index contributed by atoms with van der Waals surface area (Å²) in [6.45, 7) is 4.49. The lowest BCUT2D eigenvalue weighted by molar-refractivity contribution is -0.127. The normalized spacial score (nSPS) is 15.2. The van der Waals surface area contributed by atoms with Gasteiger partial charge in [-0.2, -0.15) is 0 Å². The van der Waals surface area contributed by atoms with E-state index < -0.39 is 23.3 Å². The number of ether oxygens (including phenoxy) is 2. The van der Waals surface area contributed by atoms with E-state index in [0.717, 1.165) is 6.42 Å². The van der Waals surface area contributed by atoms with Crippen LogP contribution in [0.15, 0.2) is 33.9 Å². The second-order valence-corrected chi connectivity index (χ2v) is 6.85. The Kier molecular flexibility index (Phi) is 6.26. The molecule has 0 saturated carbocycles. The summed E-state index contributed by atoms with van der Waals surface area (Å²) in [6.07, 6.45) is 1.18. The van der Waals surface area contributed by atoms with Crippen LogP contribution in [0.5, 0.6) is 11.5 Å². The van der Waals surface area contributed by atoms with Gasteiger partial charge in [0, 0.05) is 13.1 Å². The number of H-pyrrole nitrogens is 1. The number of unbranched alkanes of at least 4 members (excludes halogenated alkanes) is 1. The van der Waals surface area contributed by atoms with Crippen LogP contribution in [0.2, 0.25) is 0 Å². The third-order valence-corrected chi connectivity index (χ3v) is 4.72. The van der Waals surface area contributed by atoms with Gasteiger partial charge in [-0.15, -0.1) is 0 Å². The summed E-state index contributed by atoms with van der Waals surface area (Å²) in [5.41, 5.74) is 4.85. The van der Waals surface area contributed by atoms with Gasteiger partial charge in [0.05, 0.1) is 0 Å². The molecular formula is C20H26N4O5. The lowest BCUT2D eigenvalue weighted by Gasteiger charge is -2.31. The fourth-order valence-electron chi connectivity index (χ4n) is 3.25. The first kappa shape index (κ1) is 20.5. The minimum atomic E-state index is -0.924. The van der Waals surface area contributed by atoms with Gasteiger partial charge in [0.1, 0.15) is 12.4 Å². The number of aromatic amines is 1. The monoisotopic (exact) mass is 402 g/mol. The van der Waals surface area contributed by atoms with Crippen LogP contribution in [0.3, 0.4) is 0 Å². The number of carbonyl (C=O) groups is 1. The zero-order chi connectivity index (χ0) is 21.0. The molecule has 2 heterocycles. The van der Waals surface area contributed by atoms with E-state index in [1.165, 1.54) is 9.47 Å². The first-order chi connectivity index (χ1) is 14.0. The first-order valence-electron chi connectivity index (χ1n) is 9.80. The Hall–Kier alpha value is -3.23. The highest BCUT2D eigenvalue weighted by molar-refractivity contribution is 5.98. The van der Waals surface area contributed by atoms with E-state index in [-0.39, 0.29) is 24.7 Å². The van der Waals surface area contributed by atoms with E-state index in [1.807, 2.05) is 19.9 Å². The summed E-state index contributed by atoms with van der Waals surface area (Å²) >= 11 is 0. The van der Waals surface area contributed by atoms with Crippen molar-refractivity contribution >= 4 is 17.4 Å². The van der Waals surface area contributed by atoms with Crippen molar-refractivity contribution in [1.29, 1.82) is 0 Å². The van der Waals surface area contributed by atoms with E-state index in [9.17, 15) is 14.4 Å². The third-order valence-electron chi connectivity index (χ3n) is 4.72. The molecule has 1 atom stereocenters. The van der Waals surface area contributed by atoms with Crippen LogP contribution < -0.4 is 31.4 Å². The SMILES string of the molecule is CCCCN(C(=O)C1COc2ccccc2O1)c1c(N)n(CCC)c(=O)[nH]c1=O. The molecule has 0 saturated heterocycles. The van der Waals surface area contributed by atoms with Crippen LogP contribution in [0.25, 0.3) is 0 Å². The second kappa shape index (κ2) is 8.85. The van der Waals surface area contributed by atoms with Crippen LogP contribution in [-0.4, -0.2) is 34.7 Å². The number of rotatable bonds is 7. The minimum Gasteiger partial charge on any atom is -0.485 e. The van der Waals surface area contributed by atoms with Gasteiger partial charge in [-0.3, -0.25) is 19.1 Å². The summed E-state index contributed by atoms with van der Waals surface area (Å²) in [6, 6.07) is 7.07. The molecule has 1 aromatic carbocycles. The molecule has 0 radical (unpaired) electrons. The Morgan fingerprint density at radius 3 is 2.66 bits per heavy atom. The summed E-state index contributed by atoms with van der Waals surface area (Å²) in [5, 5.41) is 0. The van der Waals surface area contributed by atoms with E-state index >= 15 is 0 Å². The quantitative estimate of drug-likeness (QED) is 0.724. The van der Waals surface area contributed by atoms with Gasteiger partial charge in [0.2, 0.25) is 6.10 Å². The van der Waals surface area contributed by atoms with Gasteiger partial charge < -0.3 is 20.1 Å². The zero-order valence-electron chi connectivity index (χ0n) is 16.6. The molecule has 3 rings (SSSR count). The molecule has 1 amide bonds. The van der Waals surface area contributed by atoms with Crippen LogP contribution in [-0.2, 0) is 11.3 Å². The Balaban J connectivity index is 1.99. The summed E-state index contributed by atoms with van der Waals surface area (Å²) in [5.74, 6) is 0.560. The van der Waals surface area contributed by atoms with Crippen molar-refractivity contribution in [2.24, 2.45) is 0 Å². The molecule has 0 bridgehead atoms. The van der Waals surface area contributed by atoms with Crippen molar-refractivity contribution in [2.75, 3.05) is 23.8 Å². The number of nitrogen functional groups attached to an aromatic ring is 1. The highest BCUT2D eigenvalue weighted by atomic mass is 16.6. The minimum absolute atomic E-state index is 0.0187. The van der Waals surface area contributed by atoms with E-state index in [1.54, 1.807) is 18.2 Å². The average Bonchev–Trinajstić information content (AvgIpc) is 2.72. The summed E-state index contributed by atoms with van der Waals surface area (Å²) < 4.78 is 12.7. The number of nitrogens with zero attached hydrogens (tertiary/aromatic N) is 2. The van der Waals surface area contributed by atoms with Gasteiger partial charge >= 0.3 is 5.69 Å². The number of nitrogens with one attached hydrogen (secondary N) is 1. The number of anilines is 2. The smallest absolute Gasteiger partial charge is 0.330 e. The van der Waals surface area contributed by atoms with Crippen LogP contribution in [0.4, 0.5) is 11.5 Å². The number of amides is 1. The number of hydrogen-bond donors (Lipinski definition) is 2.